The summed E-state index contributed by atoms with van der Waals surface area (Å²) in [5.74, 6) is 0. The van der Waals surface area contributed by atoms with Crippen LogP contribution >= 0.6 is 11.6 Å². The van der Waals surface area contributed by atoms with Crippen LogP contribution in [0, 0.1) is 0 Å². The smallest absolute Gasteiger partial charge is 0.0537 e. The molecule has 102 valence electrons. The van der Waals surface area contributed by atoms with Gasteiger partial charge in [0.05, 0.1) is 6.20 Å². The summed E-state index contributed by atoms with van der Waals surface area (Å²) in [6.07, 6.45) is 6.11. The minimum absolute atomic E-state index is 0.284. The quantitative estimate of drug-likeness (QED) is 0.876. The van der Waals surface area contributed by atoms with Crippen LogP contribution in [0.25, 0.3) is 0 Å². The summed E-state index contributed by atoms with van der Waals surface area (Å²) < 4.78 is 2.00. The van der Waals surface area contributed by atoms with Crippen molar-refractivity contribution in [3.8, 4) is 0 Å². The zero-order valence-corrected chi connectivity index (χ0v) is 12.2. The highest BCUT2D eigenvalue weighted by molar-refractivity contribution is 6.30. The molecule has 2 aromatic rings. The van der Waals surface area contributed by atoms with Crippen molar-refractivity contribution in [2.45, 2.75) is 32.4 Å². The molecule has 1 aromatic carbocycles. The topological polar surface area (TPSA) is 29.9 Å². The number of hydrogen-bond acceptors (Lipinski definition) is 2. The molecule has 19 heavy (non-hydrogen) atoms. The van der Waals surface area contributed by atoms with Crippen LogP contribution in [0.15, 0.2) is 36.7 Å². The van der Waals surface area contributed by atoms with Crippen molar-refractivity contribution in [2.75, 3.05) is 7.05 Å². The molecule has 0 saturated heterocycles. The maximum absolute atomic E-state index is 5.91. The molecule has 1 heterocycles. The Morgan fingerprint density at radius 3 is 2.68 bits per heavy atom. The van der Waals surface area contributed by atoms with Gasteiger partial charge < -0.3 is 5.32 Å². The first-order valence-electron chi connectivity index (χ1n) is 6.67. The van der Waals surface area contributed by atoms with Gasteiger partial charge in [-0.25, -0.2) is 0 Å². The van der Waals surface area contributed by atoms with Crippen LogP contribution in [-0.2, 0) is 13.0 Å². The SMILES string of the molecule is CCCn1cc(C(Cc2ccc(Cl)cc2)NC)cn1. The van der Waals surface area contributed by atoms with Crippen LogP contribution in [0.1, 0.15) is 30.5 Å². The Bertz CT molecular complexity index is 504. The van der Waals surface area contributed by atoms with E-state index in [1.165, 1.54) is 11.1 Å². The van der Waals surface area contributed by atoms with Gasteiger partial charge in [0, 0.05) is 29.4 Å². The Morgan fingerprint density at radius 2 is 2.05 bits per heavy atom. The molecule has 4 heteroatoms. The molecule has 0 amide bonds. The van der Waals surface area contributed by atoms with Gasteiger partial charge >= 0.3 is 0 Å². The predicted molar refractivity (Wildman–Crippen MR) is 79.5 cm³/mol. The number of aryl methyl sites for hydroxylation is 1. The highest BCUT2D eigenvalue weighted by Gasteiger charge is 2.12. The average molecular weight is 278 g/mol. The Labute approximate surface area is 119 Å². The van der Waals surface area contributed by atoms with E-state index in [0.29, 0.717) is 0 Å². The summed E-state index contributed by atoms with van der Waals surface area (Å²) in [6.45, 7) is 3.13. The van der Waals surface area contributed by atoms with E-state index in [9.17, 15) is 0 Å². The molecule has 2 rings (SSSR count). The van der Waals surface area contributed by atoms with Crippen molar-refractivity contribution in [1.29, 1.82) is 0 Å². The largest absolute Gasteiger partial charge is 0.313 e. The lowest BCUT2D eigenvalue weighted by atomic mass is 10.0. The van der Waals surface area contributed by atoms with Crippen molar-refractivity contribution in [2.24, 2.45) is 0 Å². The van der Waals surface area contributed by atoms with Crippen LogP contribution in [0.3, 0.4) is 0 Å². The second-order valence-corrected chi connectivity index (χ2v) is 5.15. The number of hydrogen-bond donors (Lipinski definition) is 1. The van der Waals surface area contributed by atoms with Gasteiger partial charge in [0.15, 0.2) is 0 Å². The first-order chi connectivity index (χ1) is 9.22. The highest BCUT2D eigenvalue weighted by atomic mass is 35.5. The molecular weight excluding hydrogens is 258 g/mol. The standard InChI is InChI=1S/C15H20ClN3/c1-3-8-19-11-13(10-18-19)15(17-2)9-12-4-6-14(16)7-5-12/h4-7,10-11,15,17H,3,8-9H2,1-2H3. The lowest BCUT2D eigenvalue weighted by Crippen LogP contribution is -2.18. The summed E-state index contributed by atoms with van der Waals surface area (Å²) >= 11 is 5.91. The van der Waals surface area contributed by atoms with E-state index in [4.69, 9.17) is 11.6 Å². The number of rotatable bonds is 6. The molecule has 1 atom stereocenters. The normalized spacial score (nSPS) is 12.6. The fourth-order valence-corrected chi connectivity index (χ4v) is 2.28. The number of halogens is 1. The van der Waals surface area contributed by atoms with Crippen LogP contribution in [0.2, 0.25) is 5.02 Å². The van der Waals surface area contributed by atoms with E-state index >= 15 is 0 Å². The molecular formula is C15H20ClN3. The first kappa shape index (κ1) is 14.1. The van der Waals surface area contributed by atoms with Gasteiger partial charge in [0.1, 0.15) is 0 Å². The second-order valence-electron chi connectivity index (χ2n) is 4.71. The van der Waals surface area contributed by atoms with Crippen LogP contribution in [0.5, 0.6) is 0 Å². The van der Waals surface area contributed by atoms with Crippen LogP contribution in [-0.4, -0.2) is 16.8 Å². The molecule has 0 spiro atoms. The van der Waals surface area contributed by atoms with E-state index in [-0.39, 0.29) is 6.04 Å². The Morgan fingerprint density at radius 1 is 1.32 bits per heavy atom. The monoisotopic (exact) mass is 277 g/mol. The van der Waals surface area contributed by atoms with Gasteiger partial charge in [0.25, 0.3) is 0 Å². The zero-order valence-electron chi connectivity index (χ0n) is 11.4. The lowest BCUT2D eigenvalue weighted by Gasteiger charge is -2.14. The van der Waals surface area contributed by atoms with Crippen molar-refractivity contribution in [3.63, 3.8) is 0 Å². The van der Waals surface area contributed by atoms with Gasteiger partial charge in [-0.2, -0.15) is 5.10 Å². The molecule has 1 aromatic heterocycles. The minimum Gasteiger partial charge on any atom is -0.313 e. The van der Waals surface area contributed by atoms with E-state index in [1.54, 1.807) is 0 Å². The van der Waals surface area contributed by atoms with Crippen LogP contribution in [0.4, 0.5) is 0 Å². The third kappa shape index (κ3) is 3.82. The lowest BCUT2D eigenvalue weighted by molar-refractivity contribution is 0.582. The van der Waals surface area contributed by atoms with Gasteiger partial charge in [-0.1, -0.05) is 30.7 Å². The fraction of sp³-hybridized carbons (Fsp3) is 0.400. The minimum atomic E-state index is 0.284. The second kappa shape index (κ2) is 6.73. The van der Waals surface area contributed by atoms with E-state index in [0.717, 1.165) is 24.4 Å². The van der Waals surface area contributed by atoms with E-state index in [1.807, 2.05) is 30.1 Å². The summed E-state index contributed by atoms with van der Waals surface area (Å²) in [4.78, 5) is 0. The number of benzene rings is 1. The van der Waals surface area contributed by atoms with Gasteiger partial charge in [-0.3, -0.25) is 4.68 Å². The zero-order chi connectivity index (χ0) is 13.7. The fourth-order valence-electron chi connectivity index (χ4n) is 2.15. The molecule has 0 saturated carbocycles. The third-order valence-corrected chi connectivity index (χ3v) is 3.46. The van der Waals surface area contributed by atoms with Crippen molar-refractivity contribution >= 4 is 11.6 Å². The number of likely N-dealkylation sites (N-methyl/N-ethyl adjacent to an activating group) is 1. The summed E-state index contributed by atoms with van der Waals surface area (Å²) in [5, 5.41) is 8.51. The van der Waals surface area contributed by atoms with E-state index in [2.05, 4.69) is 35.7 Å². The predicted octanol–water partition coefficient (Wildman–Crippen LogP) is 3.45. The highest BCUT2D eigenvalue weighted by Crippen LogP contribution is 2.19. The van der Waals surface area contributed by atoms with Gasteiger partial charge in [0.2, 0.25) is 0 Å². The first-order valence-corrected chi connectivity index (χ1v) is 7.04. The molecule has 3 nitrogen and oxygen atoms in total. The van der Waals surface area contributed by atoms with Gasteiger partial charge in [-0.05, 0) is 37.6 Å². The van der Waals surface area contributed by atoms with E-state index < -0.39 is 0 Å². The molecule has 0 bridgehead atoms. The number of nitrogens with one attached hydrogen (secondary N) is 1. The Hall–Kier alpha value is -1.32. The number of aromatic nitrogens is 2. The molecule has 0 fully saturated rings. The summed E-state index contributed by atoms with van der Waals surface area (Å²) in [5.41, 5.74) is 2.50. The summed E-state index contributed by atoms with van der Waals surface area (Å²) in [6, 6.07) is 8.30. The third-order valence-electron chi connectivity index (χ3n) is 3.21. The maximum atomic E-state index is 5.91. The van der Waals surface area contributed by atoms with Crippen molar-refractivity contribution < 1.29 is 0 Å². The molecule has 0 aliphatic heterocycles. The Kier molecular flexibility index (Phi) is 5.00. The average Bonchev–Trinajstić information content (AvgIpc) is 2.87. The van der Waals surface area contributed by atoms with Crippen LogP contribution < -0.4 is 5.32 Å². The maximum Gasteiger partial charge on any atom is 0.0537 e. The summed E-state index contributed by atoms with van der Waals surface area (Å²) in [7, 11) is 1.98. The molecule has 0 aliphatic carbocycles. The van der Waals surface area contributed by atoms with Gasteiger partial charge in [-0.15, -0.1) is 0 Å². The molecule has 1 unspecified atom stereocenters. The van der Waals surface area contributed by atoms with Crippen molar-refractivity contribution in [1.82, 2.24) is 15.1 Å². The Balaban J connectivity index is 2.08. The molecule has 0 radical (unpaired) electrons. The number of nitrogens with zero attached hydrogens (tertiary/aromatic N) is 2. The molecule has 0 aliphatic rings. The van der Waals surface area contributed by atoms with Crippen molar-refractivity contribution in [3.05, 3.63) is 52.8 Å². The molecule has 1 N–H and O–H groups in total.